The van der Waals surface area contributed by atoms with Gasteiger partial charge in [-0.2, -0.15) is 23.7 Å². The molecule has 26 heteroatoms. The summed E-state index contributed by atoms with van der Waals surface area (Å²) in [6.07, 6.45) is -4.27. The summed E-state index contributed by atoms with van der Waals surface area (Å²) in [5.74, 6) is 2.26. The molecule has 0 amide bonds. The van der Waals surface area contributed by atoms with Gasteiger partial charge in [-0.15, -0.1) is 0 Å². The number of anilines is 11. The van der Waals surface area contributed by atoms with Gasteiger partial charge in [-0.1, -0.05) is 106 Å². The van der Waals surface area contributed by atoms with Crippen LogP contribution in [0.3, 0.4) is 0 Å². The molecular weight excluding hydrogens is 1790 g/mol. The van der Waals surface area contributed by atoms with Crippen LogP contribution in [0.1, 0.15) is 175 Å². The molecule has 16 nitrogen and oxygen atoms in total. The van der Waals surface area contributed by atoms with Gasteiger partial charge in [-0.3, -0.25) is 0 Å². The maximum absolute atomic E-state index is 12.4. The molecule has 11 aromatic rings. The predicted octanol–water partition coefficient (Wildman–Crippen LogP) is 32.7. The van der Waals surface area contributed by atoms with Crippen LogP contribution in [0.5, 0.6) is 17.2 Å². The molecule has 11 rings (SSSR count). The topological polar surface area (TPSA) is 208 Å². The molecule has 132 heavy (non-hydrogen) atoms. The summed E-state index contributed by atoms with van der Waals surface area (Å²) in [6.45, 7) is 47.5. The minimum absolute atomic E-state index is 0.124. The summed E-state index contributed by atoms with van der Waals surface area (Å²) < 4.78 is 64.8. The van der Waals surface area contributed by atoms with Gasteiger partial charge in [0.25, 0.3) is 0 Å². The molecule has 0 aliphatic rings. The standard InChI is InChI=1S/C12H19NO2.C10H12F3N.2C10H12N2.C10H15NO.2C9H11Cl2N.2C9H12ClN.C9H12FN.C9H13N/c1-8(2)13-10-6-9(3)12(15-5)11(7-10)14-4;1-7(2)14-9-5-3-4-8(6-9)10(11,12)13;1-8(2)12-10-5-3-9(7-11)4-6-10;1-8(2)12-10-5-3-4-9(6-10)7-11;1-8(2)11-9-4-6-10(12-3)7-5-9;1-6(2)12-9-4-7(10)3-8(11)5-9;1-6(2)12-9-4-3-7(10)5-8(9)11;1-7(2)11-9-5-3-8(10)4-6-9;1-7(2)11-9-5-3-4-8(10)6-9;1-7(2)11-9-5-3-8(10)4-6-9;1-8(2)10-9-6-4-3-5-7-9/h6-8,13H,1-5H3;3-7,14H,1-2H3;2*3-6,8,12H,1-2H3;4-8,11H,1-3H3;2*3-6,12H,1-2H3;3*3-7,11H,1-2H3;3-8,10H,1-2H3. The lowest BCUT2D eigenvalue weighted by molar-refractivity contribution is -0.137. The number of nitrogens with one attached hydrogen (secondary N) is 11. The van der Waals surface area contributed by atoms with Crippen LogP contribution in [0.25, 0.3) is 0 Å². The van der Waals surface area contributed by atoms with Gasteiger partial charge in [0.15, 0.2) is 11.5 Å². The van der Waals surface area contributed by atoms with E-state index in [9.17, 15) is 17.6 Å². The normalized spacial score (nSPS) is 10.2. The van der Waals surface area contributed by atoms with Crippen molar-refractivity contribution in [3.63, 3.8) is 0 Å². The number of ether oxygens (including phenoxy) is 3. The van der Waals surface area contributed by atoms with E-state index in [4.69, 9.17) is 94.3 Å². The van der Waals surface area contributed by atoms with Crippen LogP contribution in [-0.2, 0) is 6.18 Å². The number of methoxy groups -OCH3 is 3. The fourth-order valence-corrected chi connectivity index (χ4v) is 12.4. The number of nitrogens with zero attached hydrogens (tertiary/aromatic N) is 2. The SMILES string of the molecule is CC(C)Nc1cc(Cl)cc(Cl)c1.CC(C)Nc1ccc(C#N)cc1.CC(C)Nc1ccc(Cl)cc1.CC(C)Nc1ccc(Cl)cc1Cl.CC(C)Nc1ccc(F)cc1.CC(C)Nc1cccc(C#N)c1.CC(C)Nc1cccc(C(F)(F)F)c1.CC(C)Nc1cccc(Cl)c1.CC(C)Nc1ccccc1.COc1cc(NC(C)C)cc(C)c1OC.COc1ccc(NC(C)C)cc1. The highest BCUT2D eigenvalue weighted by Crippen LogP contribution is 2.35. The molecule has 11 aromatic carbocycles. The minimum atomic E-state index is -4.27. The first-order chi connectivity index (χ1) is 62.1. The van der Waals surface area contributed by atoms with E-state index in [1.165, 1.54) is 23.9 Å². The lowest BCUT2D eigenvalue weighted by Crippen LogP contribution is -2.11. The lowest BCUT2D eigenvalue weighted by Gasteiger charge is -2.15. The number of rotatable bonds is 25. The third-order valence-electron chi connectivity index (χ3n) is 16.0. The molecule has 0 atom stereocenters. The molecule has 718 valence electrons. The summed E-state index contributed by atoms with van der Waals surface area (Å²) in [4.78, 5) is 0. The summed E-state index contributed by atoms with van der Waals surface area (Å²) in [7, 11) is 4.97. The highest BCUT2D eigenvalue weighted by molar-refractivity contribution is 6.36. The quantitative estimate of drug-likeness (QED) is 0.0241. The van der Waals surface area contributed by atoms with Crippen LogP contribution in [0.4, 0.5) is 80.1 Å². The zero-order valence-electron chi connectivity index (χ0n) is 81.4. The minimum Gasteiger partial charge on any atom is -0.497 e. The van der Waals surface area contributed by atoms with Crippen molar-refractivity contribution in [3.8, 4) is 29.4 Å². The van der Waals surface area contributed by atoms with E-state index in [2.05, 4.69) is 213 Å². The summed E-state index contributed by atoms with van der Waals surface area (Å²) in [5, 5.41) is 56.8. The third-order valence-corrected chi connectivity index (χ3v) is 17.5. The lowest BCUT2D eigenvalue weighted by atomic mass is 10.1. The number of hydrogen-bond acceptors (Lipinski definition) is 16. The van der Waals surface area contributed by atoms with Gasteiger partial charge in [0.05, 0.1) is 60.9 Å². The van der Waals surface area contributed by atoms with Crippen LogP contribution in [0, 0.1) is 35.4 Å². The Morgan fingerprint density at radius 1 is 0.280 bits per heavy atom. The third kappa shape index (κ3) is 58.8. The number of alkyl halides is 3. The molecule has 0 aromatic heterocycles. The molecule has 0 radical (unpaired) electrons. The molecule has 0 saturated carbocycles. The Balaban J connectivity index is 0.000000727. The maximum atomic E-state index is 12.4. The van der Waals surface area contributed by atoms with Crippen LogP contribution in [0.2, 0.25) is 30.1 Å². The van der Waals surface area contributed by atoms with E-state index in [1.807, 2.05) is 198 Å². The first-order valence-electron chi connectivity index (χ1n) is 43.8. The van der Waals surface area contributed by atoms with E-state index in [0.29, 0.717) is 97.3 Å². The molecule has 0 aliphatic heterocycles. The highest BCUT2D eigenvalue weighted by atomic mass is 35.5. The second-order valence-corrected chi connectivity index (χ2v) is 35.8. The van der Waals surface area contributed by atoms with Crippen LogP contribution in [-0.4, -0.2) is 87.8 Å². The first-order valence-corrected chi connectivity index (χ1v) is 46.1. The first kappa shape index (κ1) is 119. The molecule has 11 N–H and O–H groups in total. The van der Waals surface area contributed by atoms with Gasteiger partial charge >= 0.3 is 6.18 Å². The van der Waals surface area contributed by atoms with E-state index >= 15 is 0 Å². The molecule has 0 bridgehead atoms. The van der Waals surface area contributed by atoms with Crippen LogP contribution >= 0.6 is 69.6 Å². The Morgan fingerprint density at radius 3 is 1.00 bits per heavy atom. The Kier molecular flexibility index (Phi) is 59.9. The molecule has 0 spiro atoms. The highest BCUT2D eigenvalue weighted by Gasteiger charge is 2.30. The number of aryl methyl sites for hydroxylation is 1. The summed E-state index contributed by atoms with van der Waals surface area (Å²) >= 11 is 34.8. The molecule has 0 fully saturated rings. The van der Waals surface area contributed by atoms with Crippen molar-refractivity contribution >= 4 is 132 Å². The number of nitriles is 2. The van der Waals surface area contributed by atoms with Crippen molar-refractivity contribution < 1.29 is 31.8 Å². The predicted molar refractivity (Wildman–Crippen MR) is 566 cm³/mol. The fraction of sp³-hybridized carbons (Fsp3) is 0.358. The molecular formula is C106H141Cl6F4N13O3. The van der Waals surface area contributed by atoms with E-state index in [-0.39, 0.29) is 11.9 Å². The van der Waals surface area contributed by atoms with Gasteiger partial charge in [-0.25, -0.2) is 4.39 Å². The van der Waals surface area contributed by atoms with Crippen molar-refractivity contribution in [1.29, 1.82) is 10.5 Å². The Morgan fingerprint density at radius 2 is 0.614 bits per heavy atom. The smallest absolute Gasteiger partial charge is 0.416 e. The largest absolute Gasteiger partial charge is 0.497 e. The second-order valence-electron chi connectivity index (χ2n) is 33.2. The van der Waals surface area contributed by atoms with Crippen molar-refractivity contribution in [2.75, 3.05) is 79.8 Å². The van der Waals surface area contributed by atoms with Gasteiger partial charge in [0.1, 0.15) is 11.6 Å². The van der Waals surface area contributed by atoms with E-state index in [0.717, 1.165) is 96.2 Å². The number of benzene rings is 11. The number of halogens is 10. The van der Waals surface area contributed by atoms with Crippen molar-refractivity contribution in [3.05, 3.63) is 307 Å². The van der Waals surface area contributed by atoms with E-state index in [1.54, 1.807) is 57.7 Å². The zero-order valence-corrected chi connectivity index (χ0v) is 86.0. The van der Waals surface area contributed by atoms with Crippen molar-refractivity contribution in [2.45, 2.75) is 232 Å². The van der Waals surface area contributed by atoms with Gasteiger partial charge < -0.3 is 72.7 Å². The molecule has 0 unspecified atom stereocenters. The maximum Gasteiger partial charge on any atom is 0.416 e. The fourth-order valence-electron chi connectivity index (χ4n) is 11.1. The molecule has 0 heterocycles. The summed E-state index contributed by atoms with van der Waals surface area (Å²) in [5.41, 5.74) is 12.8. The van der Waals surface area contributed by atoms with Gasteiger partial charge in [0.2, 0.25) is 0 Å². The second kappa shape index (κ2) is 66.4. The Bertz CT molecular complexity index is 4950. The Hall–Kier alpha value is -10.9. The number of para-hydroxylation sites is 1. The van der Waals surface area contributed by atoms with Gasteiger partial charge in [0, 0.05) is 155 Å². The number of hydrogen-bond donors (Lipinski definition) is 11. The molecule has 0 saturated heterocycles. The monoisotopic (exact) mass is 1930 g/mol. The van der Waals surface area contributed by atoms with Crippen molar-refractivity contribution in [2.24, 2.45) is 0 Å². The average molecular weight is 1930 g/mol. The van der Waals surface area contributed by atoms with E-state index < -0.39 is 11.7 Å². The van der Waals surface area contributed by atoms with Crippen LogP contribution < -0.4 is 72.7 Å². The van der Waals surface area contributed by atoms with Gasteiger partial charge in [-0.05, 0) is 371 Å². The molecule has 0 aliphatic carbocycles. The van der Waals surface area contributed by atoms with Crippen molar-refractivity contribution in [1.82, 2.24) is 0 Å². The zero-order chi connectivity index (χ0) is 99.6. The summed E-state index contributed by atoms with van der Waals surface area (Å²) in [6, 6.07) is 83.5. The average Bonchev–Trinajstić information content (AvgIpc) is 0.841. The Labute approximate surface area is 816 Å². The van der Waals surface area contributed by atoms with Crippen LogP contribution in [0.15, 0.2) is 249 Å².